The summed E-state index contributed by atoms with van der Waals surface area (Å²) in [5.41, 5.74) is 0.259. The Kier molecular flexibility index (Phi) is 4.64. The van der Waals surface area contributed by atoms with E-state index in [1.165, 1.54) is 12.4 Å². The Bertz CT molecular complexity index is 453. The molecule has 1 amide bonds. The Morgan fingerprint density at radius 1 is 1.50 bits per heavy atom. The molecule has 2 heterocycles. The molecule has 1 aromatic heterocycles. The molecule has 0 radical (unpaired) electrons. The number of rotatable bonds is 4. The fraction of sp³-hybridized carbons (Fsp3) is 0.667. The van der Waals surface area contributed by atoms with Gasteiger partial charge in [-0.15, -0.1) is 0 Å². The van der Waals surface area contributed by atoms with Crippen molar-refractivity contribution in [3.63, 3.8) is 0 Å². The highest BCUT2D eigenvalue weighted by molar-refractivity contribution is 5.90. The average Bonchev–Trinajstić information content (AvgIpc) is 2.75. The van der Waals surface area contributed by atoms with Gasteiger partial charge in [-0.05, 0) is 19.3 Å². The predicted molar refractivity (Wildman–Crippen MR) is 65.1 cm³/mol. The van der Waals surface area contributed by atoms with Gasteiger partial charge in [-0.25, -0.2) is 0 Å². The van der Waals surface area contributed by atoms with Crippen LogP contribution in [0.25, 0.3) is 0 Å². The molecular formula is C12H16F3N3O2. The number of halogens is 3. The zero-order chi connectivity index (χ0) is 14.6. The van der Waals surface area contributed by atoms with Crippen LogP contribution in [0.3, 0.4) is 0 Å². The van der Waals surface area contributed by atoms with Crippen LogP contribution in [-0.2, 0) is 16.1 Å². The van der Waals surface area contributed by atoms with Crippen molar-refractivity contribution in [3.8, 4) is 0 Å². The van der Waals surface area contributed by atoms with E-state index in [1.807, 2.05) is 0 Å². The van der Waals surface area contributed by atoms with E-state index in [-0.39, 0.29) is 11.8 Å². The number of anilines is 1. The van der Waals surface area contributed by atoms with E-state index in [0.29, 0.717) is 6.54 Å². The molecule has 1 saturated heterocycles. The lowest BCUT2D eigenvalue weighted by Gasteiger charge is -2.22. The highest BCUT2D eigenvalue weighted by Crippen LogP contribution is 2.20. The summed E-state index contributed by atoms with van der Waals surface area (Å²) in [7, 11) is 0. The third kappa shape index (κ3) is 4.84. The zero-order valence-electron chi connectivity index (χ0n) is 10.8. The number of aromatic nitrogens is 2. The maximum absolute atomic E-state index is 12.0. The van der Waals surface area contributed by atoms with E-state index >= 15 is 0 Å². The topological polar surface area (TPSA) is 56.2 Å². The molecule has 0 saturated carbocycles. The predicted octanol–water partition coefficient (Wildman–Crippen LogP) is 2.34. The van der Waals surface area contributed by atoms with Crippen LogP contribution in [0.2, 0.25) is 0 Å². The van der Waals surface area contributed by atoms with E-state index in [4.69, 9.17) is 4.74 Å². The van der Waals surface area contributed by atoms with Crippen LogP contribution in [-0.4, -0.2) is 34.6 Å². The molecule has 0 aliphatic carbocycles. The normalized spacial score (nSPS) is 19.9. The van der Waals surface area contributed by atoms with Crippen molar-refractivity contribution in [2.24, 2.45) is 0 Å². The van der Waals surface area contributed by atoms with E-state index in [2.05, 4.69) is 10.4 Å². The molecule has 2 rings (SSSR count). The average molecular weight is 291 g/mol. The number of ether oxygens (including phenoxy) is 1. The molecule has 1 aliphatic rings. The first kappa shape index (κ1) is 14.8. The van der Waals surface area contributed by atoms with E-state index in [9.17, 15) is 18.0 Å². The van der Waals surface area contributed by atoms with Gasteiger partial charge in [-0.2, -0.15) is 18.3 Å². The zero-order valence-corrected chi connectivity index (χ0v) is 10.8. The van der Waals surface area contributed by atoms with Crippen LogP contribution in [0.4, 0.5) is 18.9 Å². The molecule has 0 bridgehead atoms. The van der Waals surface area contributed by atoms with Crippen LogP contribution < -0.4 is 5.32 Å². The maximum Gasteiger partial charge on any atom is 0.397 e. The summed E-state index contributed by atoms with van der Waals surface area (Å²) in [4.78, 5) is 11.1. The highest BCUT2D eigenvalue weighted by Gasteiger charge is 2.31. The second-order valence-electron chi connectivity index (χ2n) is 4.78. The quantitative estimate of drug-likeness (QED) is 0.926. The van der Waals surface area contributed by atoms with E-state index < -0.39 is 18.5 Å². The Hall–Kier alpha value is -1.57. The van der Waals surface area contributed by atoms with Crippen LogP contribution in [0.5, 0.6) is 0 Å². The Balaban J connectivity index is 1.84. The summed E-state index contributed by atoms with van der Waals surface area (Å²) < 4.78 is 43.2. The maximum atomic E-state index is 12.0. The Labute approximate surface area is 114 Å². The van der Waals surface area contributed by atoms with Gasteiger partial charge in [0.1, 0.15) is 6.42 Å². The minimum Gasteiger partial charge on any atom is -0.376 e. The molecule has 1 unspecified atom stereocenters. The molecule has 112 valence electrons. The van der Waals surface area contributed by atoms with Crippen molar-refractivity contribution in [2.75, 3.05) is 11.9 Å². The second-order valence-corrected chi connectivity index (χ2v) is 4.78. The van der Waals surface area contributed by atoms with Gasteiger partial charge in [0.05, 0.1) is 24.5 Å². The Morgan fingerprint density at radius 3 is 2.95 bits per heavy atom. The van der Waals surface area contributed by atoms with E-state index in [1.54, 1.807) is 4.68 Å². The SMILES string of the molecule is O=C(CC(F)(F)F)Nc1cnn(CC2CCCCO2)c1. The van der Waals surface area contributed by atoms with Crippen molar-refractivity contribution < 1.29 is 22.7 Å². The molecule has 1 aliphatic heterocycles. The minimum atomic E-state index is -4.50. The molecule has 0 aromatic carbocycles. The van der Waals surface area contributed by atoms with Crippen molar-refractivity contribution in [1.29, 1.82) is 0 Å². The second kappa shape index (κ2) is 6.25. The smallest absolute Gasteiger partial charge is 0.376 e. The van der Waals surface area contributed by atoms with Crippen molar-refractivity contribution in [3.05, 3.63) is 12.4 Å². The summed E-state index contributed by atoms with van der Waals surface area (Å²) in [5.74, 6) is -1.09. The molecule has 5 nitrogen and oxygen atoms in total. The number of carbonyl (C=O) groups excluding carboxylic acids is 1. The third-order valence-electron chi connectivity index (χ3n) is 2.94. The summed E-state index contributed by atoms with van der Waals surface area (Å²) >= 11 is 0. The lowest BCUT2D eigenvalue weighted by molar-refractivity contribution is -0.150. The highest BCUT2D eigenvalue weighted by atomic mass is 19.4. The number of nitrogens with zero attached hydrogens (tertiary/aromatic N) is 2. The van der Waals surface area contributed by atoms with E-state index in [0.717, 1.165) is 25.9 Å². The number of amides is 1. The van der Waals surface area contributed by atoms with Gasteiger partial charge in [-0.3, -0.25) is 9.48 Å². The van der Waals surface area contributed by atoms with Gasteiger partial charge >= 0.3 is 6.18 Å². The molecule has 1 fully saturated rings. The fourth-order valence-corrected chi connectivity index (χ4v) is 2.08. The molecule has 20 heavy (non-hydrogen) atoms. The first-order chi connectivity index (χ1) is 9.42. The van der Waals surface area contributed by atoms with Gasteiger partial charge < -0.3 is 10.1 Å². The van der Waals surface area contributed by atoms with Crippen LogP contribution in [0.15, 0.2) is 12.4 Å². The molecular weight excluding hydrogens is 275 g/mol. The lowest BCUT2D eigenvalue weighted by atomic mass is 10.1. The number of nitrogens with one attached hydrogen (secondary N) is 1. The standard InChI is InChI=1S/C12H16F3N3O2/c13-12(14,15)5-11(19)17-9-6-16-18(7-9)8-10-3-1-2-4-20-10/h6-7,10H,1-5,8H2,(H,17,19). The minimum absolute atomic E-state index is 0.0716. The first-order valence-electron chi connectivity index (χ1n) is 6.43. The number of carbonyl (C=O) groups is 1. The van der Waals surface area contributed by atoms with Gasteiger partial charge in [0.25, 0.3) is 0 Å². The molecule has 1 atom stereocenters. The van der Waals surface area contributed by atoms with Gasteiger partial charge in [0.2, 0.25) is 5.91 Å². The third-order valence-corrected chi connectivity index (χ3v) is 2.94. The summed E-state index contributed by atoms with van der Waals surface area (Å²) in [5, 5.41) is 6.17. The number of hydrogen-bond donors (Lipinski definition) is 1. The summed E-state index contributed by atoms with van der Waals surface area (Å²) in [6.07, 6.45) is -0.00339. The van der Waals surface area contributed by atoms with Crippen molar-refractivity contribution >= 4 is 11.6 Å². The largest absolute Gasteiger partial charge is 0.397 e. The van der Waals surface area contributed by atoms with Crippen molar-refractivity contribution in [2.45, 2.75) is 44.5 Å². The Morgan fingerprint density at radius 2 is 2.30 bits per heavy atom. The molecule has 8 heteroatoms. The summed E-state index contributed by atoms with van der Waals surface area (Å²) in [6.45, 7) is 1.26. The van der Waals surface area contributed by atoms with Gasteiger partial charge in [0, 0.05) is 12.8 Å². The van der Waals surface area contributed by atoms with Gasteiger partial charge in [-0.1, -0.05) is 0 Å². The van der Waals surface area contributed by atoms with Crippen LogP contribution in [0, 0.1) is 0 Å². The number of alkyl halides is 3. The number of hydrogen-bond acceptors (Lipinski definition) is 3. The lowest BCUT2D eigenvalue weighted by Crippen LogP contribution is -2.24. The fourth-order valence-electron chi connectivity index (χ4n) is 2.08. The first-order valence-corrected chi connectivity index (χ1v) is 6.43. The molecule has 0 spiro atoms. The van der Waals surface area contributed by atoms with Crippen LogP contribution in [0.1, 0.15) is 25.7 Å². The molecule has 1 aromatic rings. The summed E-state index contributed by atoms with van der Waals surface area (Å²) in [6, 6.07) is 0. The van der Waals surface area contributed by atoms with Gasteiger partial charge in [0.15, 0.2) is 0 Å². The monoisotopic (exact) mass is 291 g/mol. The van der Waals surface area contributed by atoms with Crippen LogP contribution >= 0.6 is 0 Å². The van der Waals surface area contributed by atoms with Crippen molar-refractivity contribution in [1.82, 2.24) is 9.78 Å². The molecule has 1 N–H and O–H groups in total.